The first kappa shape index (κ1) is 18.6. The Kier molecular flexibility index (Phi) is 4.39. The number of nitrogens with zero attached hydrogens (tertiary/aromatic N) is 6. The Balaban J connectivity index is 1.61. The Bertz CT molecular complexity index is 1300. The van der Waals surface area contributed by atoms with Gasteiger partial charge in [-0.1, -0.05) is 6.07 Å². The summed E-state index contributed by atoms with van der Waals surface area (Å²) in [6.45, 7) is 5.82. The van der Waals surface area contributed by atoms with Crippen LogP contribution >= 0.6 is 0 Å². The van der Waals surface area contributed by atoms with Gasteiger partial charge in [0.05, 0.1) is 0 Å². The maximum Gasteiger partial charge on any atom is 0.278 e. The number of anilines is 2. The topological polar surface area (TPSA) is 94.6 Å². The van der Waals surface area contributed by atoms with Gasteiger partial charge >= 0.3 is 0 Å². The third kappa shape index (κ3) is 3.07. The van der Waals surface area contributed by atoms with Crippen molar-refractivity contribution < 1.29 is 0 Å². The zero-order chi connectivity index (χ0) is 20.8. The van der Waals surface area contributed by atoms with Gasteiger partial charge in [-0.2, -0.15) is 10.1 Å². The lowest BCUT2D eigenvalue weighted by Gasteiger charge is -2.18. The number of hydrogen-bond donors (Lipinski definition) is 2. The van der Waals surface area contributed by atoms with Crippen LogP contribution in [0.4, 0.5) is 11.6 Å². The molecule has 0 saturated carbocycles. The molecule has 0 unspecified atom stereocenters. The van der Waals surface area contributed by atoms with Gasteiger partial charge in [0.2, 0.25) is 5.95 Å². The molecule has 4 heterocycles. The van der Waals surface area contributed by atoms with E-state index in [2.05, 4.69) is 32.8 Å². The molecule has 0 fully saturated rings. The summed E-state index contributed by atoms with van der Waals surface area (Å²) in [6.07, 6.45) is 4.44. The number of aromatic nitrogens is 6. The summed E-state index contributed by atoms with van der Waals surface area (Å²) in [5.74, 6) is 1.09. The monoisotopic (exact) mass is 404 g/mol. The predicted octanol–water partition coefficient (Wildman–Crippen LogP) is 2.29. The zero-order valence-corrected chi connectivity index (χ0v) is 17.3. The molecule has 0 aliphatic carbocycles. The Labute approximate surface area is 173 Å². The summed E-state index contributed by atoms with van der Waals surface area (Å²) in [5.41, 5.74) is 3.99. The van der Waals surface area contributed by atoms with Crippen molar-refractivity contribution in [3.8, 4) is 5.82 Å². The van der Waals surface area contributed by atoms with Crippen LogP contribution in [-0.4, -0.2) is 35.7 Å². The third-order valence-electron chi connectivity index (χ3n) is 5.38. The summed E-state index contributed by atoms with van der Waals surface area (Å²) >= 11 is 0. The lowest BCUT2D eigenvalue weighted by Crippen LogP contribution is -2.24. The van der Waals surface area contributed by atoms with Gasteiger partial charge < -0.3 is 10.6 Å². The number of rotatable bonds is 4. The van der Waals surface area contributed by atoms with Crippen LogP contribution in [0.5, 0.6) is 0 Å². The molecule has 2 N–H and O–H groups in total. The molecule has 9 heteroatoms. The van der Waals surface area contributed by atoms with Crippen LogP contribution in [0.1, 0.15) is 31.0 Å². The molecule has 154 valence electrons. The SMILES string of the molecule is CC(C)n1c(=O)c2cnc(Nc3ccc4c(c3)CCNC4)nc2n1-c1ccn(C)n1. The van der Waals surface area contributed by atoms with E-state index in [0.717, 1.165) is 25.2 Å². The average Bonchev–Trinajstić information content (AvgIpc) is 3.28. The van der Waals surface area contributed by atoms with Crippen LogP contribution in [0.3, 0.4) is 0 Å². The zero-order valence-electron chi connectivity index (χ0n) is 17.3. The summed E-state index contributed by atoms with van der Waals surface area (Å²) in [4.78, 5) is 22.1. The predicted molar refractivity (Wildman–Crippen MR) is 115 cm³/mol. The van der Waals surface area contributed by atoms with Gasteiger partial charge in [0.15, 0.2) is 11.5 Å². The van der Waals surface area contributed by atoms with Gasteiger partial charge in [-0.3, -0.25) is 9.48 Å². The van der Waals surface area contributed by atoms with Crippen molar-refractivity contribution in [1.82, 2.24) is 34.4 Å². The first-order chi connectivity index (χ1) is 14.5. The lowest BCUT2D eigenvalue weighted by molar-refractivity contribution is 0.469. The maximum atomic E-state index is 13.0. The molecule has 1 aromatic carbocycles. The second-order valence-electron chi connectivity index (χ2n) is 7.87. The van der Waals surface area contributed by atoms with Gasteiger partial charge in [0.25, 0.3) is 5.56 Å². The molecule has 3 aromatic heterocycles. The van der Waals surface area contributed by atoms with E-state index in [1.165, 1.54) is 11.1 Å². The number of nitrogens with one attached hydrogen (secondary N) is 2. The molecule has 1 aliphatic rings. The van der Waals surface area contributed by atoms with Crippen LogP contribution in [0.25, 0.3) is 16.9 Å². The van der Waals surface area contributed by atoms with Crippen molar-refractivity contribution in [2.45, 2.75) is 32.9 Å². The fourth-order valence-electron chi connectivity index (χ4n) is 3.95. The van der Waals surface area contributed by atoms with E-state index in [1.54, 1.807) is 20.2 Å². The fourth-order valence-corrected chi connectivity index (χ4v) is 3.95. The third-order valence-corrected chi connectivity index (χ3v) is 5.38. The minimum Gasteiger partial charge on any atom is -0.324 e. The van der Waals surface area contributed by atoms with Crippen molar-refractivity contribution in [3.05, 3.63) is 58.1 Å². The first-order valence-electron chi connectivity index (χ1n) is 10.1. The Morgan fingerprint density at radius 3 is 2.83 bits per heavy atom. The highest BCUT2D eigenvalue weighted by atomic mass is 16.1. The van der Waals surface area contributed by atoms with Crippen molar-refractivity contribution >= 4 is 22.7 Å². The van der Waals surface area contributed by atoms with Crippen LogP contribution in [0, 0.1) is 0 Å². The summed E-state index contributed by atoms with van der Waals surface area (Å²) in [5, 5.41) is 11.6. The average molecular weight is 404 g/mol. The molecule has 30 heavy (non-hydrogen) atoms. The van der Waals surface area contributed by atoms with E-state index < -0.39 is 0 Å². The standard InChI is InChI=1S/C21H24N8O/c1-13(2)28-20(30)17-12-23-21(25-19(17)29(28)18-7-9-27(3)26-18)24-16-5-4-15-11-22-8-6-14(15)10-16/h4-5,7,9-10,12-13,22H,6,8,11H2,1-3H3,(H,23,24,25). The molecule has 0 atom stereocenters. The van der Waals surface area contributed by atoms with Gasteiger partial charge in [0.1, 0.15) is 5.39 Å². The number of hydrogen-bond acceptors (Lipinski definition) is 6. The summed E-state index contributed by atoms with van der Waals surface area (Å²) in [7, 11) is 1.85. The molecule has 0 bridgehead atoms. The van der Waals surface area contributed by atoms with Crippen LogP contribution in [0.2, 0.25) is 0 Å². The van der Waals surface area contributed by atoms with Crippen molar-refractivity contribution in [3.63, 3.8) is 0 Å². The summed E-state index contributed by atoms with van der Waals surface area (Å²) < 4.78 is 5.14. The second kappa shape index (κ2) is 7.10. The van der Waals surface area contributed by atoms with E-state index in [4.69, 9.17) is 4.98 Å². The molecule has 0 amide bonds. The normalized spacial score (nSPS) is 13.7. The largest absolute Gasteiger partial charge is 0.324 e. The smallest absolute Gasteiger partial charge is 0.278 e. The highest BCUT2D eigenvalue weighted by Gasteiger charge is 2.20. The molecule has 5 rings (SSSR count). The minimum atomic E-state index is -0.126. The minimum absolute atomic E-state index is 0.0561. The Morgan fingerprint density at radius 2 is 2.07 bits per heavy atom. The van der Waals surface area contributed by atoms with E-state index in [1.807, 2.05) is 39.2 Å². The molecule has 0 spiro atoms. The highest BCUT2D eigenvalue weighted by molar-refractivity contribution is 5.77. The molecule has 0 radical (unpaired) electrons. The molecule has 1 aliphatic heterocycles. The van der Waals surface area contributed by atoms with Gasteiger partial charge in [-0.25, -0.2) is 14.3 Å². The number of benzene rings is 1. The Hall–Kier alpha value is -3.46. The van der Waals surface area contributed by atoms with Crippen LogP contribution in [-0.2, 0) is 20.0 Å². The van der Waals surface area contributed by atoms with E-state index in [-0.39, 0.29) is 11.6 Å². The lowest BCUT2D eigenvalue weighted by atomic mass is 10.0. The molecular weight excluding hydrogens is 380 g/mol. The van der Waals surface area contributed by atoms with Gasteiger partial charge in [0, 0.05) is 43.8 Å². The van der Waals surface area contributed by atoms with Gasteiger partial charge in [-0.15, -0.1) is 0 Å². The van der Waals surface area contributed by atoms with Crippen LogP contribution in [0.15, 0.2) is 41.5 Å². The van der Waals surface area contributed by atoms with Crippen molar-refractivity contribution in [2.75, 3.05) is 11.9 Å². The first-order valence-corrected chi connectivity index (χ1v) is 10.1. The fraction of sp³-hybridized carbons (Fsp3) is 0.333. The quantitative estimate of drug-likeness (QED) is 0.542. The number of aryl methyl sites for hydroxylation is 1. The van der Waals surface area contributed by atoms with Gasteiger partial charge in [-0.05, 0) is 50.1 Å². The highest BCUT2D eigenvalue weighted by Crippen LogP contribution is 2.23. The molecule has 9 nitrogen and oxygen atoms in total. The van der Waals surface area contributed by atoms with Crippen LogP contribution < -0.4 is 16.2 Å². The van der Waals surface area contributed by atoms with E-state index in [9.17, 15) is 4.79 Å². The van der Waals surface area contributed by atoms with E-state index >= 15 is 0 Å². The Morgan fingerprint density at radius 1 is 1.20 bits per heavy atom. The number of fused-ring (bicyclic) bond motifs is 2. The van der Waals surface area contributed by atoms with E-state index in [0.29, 0.717) is 22.8 Å². The molecular formula is C21H24N8O. The summed E-state index contributed by atoms with van der Waals surface area (Å²) in [6, 6.07) is 8.12. The molecule has 0 saturated heterocycles. The van der Waals surface area contributed by atoms with Crippen molar-refractivity contribution in [2.24, 2.45) is 7.05 Å². The maximum absolute atomic E-state index is 13.0. The molecule has 4 aromatic rings. The second-order valence-corrected chi connectivity index (χ2v) is 7.87. The van der Waals surface area contributed by atoms with Crippen molar-refractivity contribution in [1.29, 1.82) is 0 Å².